The van der Waals surface area contributed by atoms with Gasteiger partial charge in [-0.1, -0.05) is 31.9 Å². The second kappa shape index (κ2) is 3.05. The van der Waals surface area contributed by atoms with Crippen LogP contribution in [0.5, 0.6) is 0 Å². The van der Waals surface area contributed by atoms with Crippen LogP contribution in [0.2, 0.25) is 0 Å². The first-order valence-corrected chi connectivity index (χ1v) is 3.87. The van der Waals surface area contributed by atoms with Crippen LogP contribution in [0.3, 0.4) is 0 Å². The molecule has 1 unspecified atom stereocenters. The van der Waals surface area contributed by atoms with E-state index in [1.165, 1.54) is 19.3 Å². The molecule has 0 saturated heterocycles. The van der Waals surface area contributed by atoms with Crippen LogP contribution in [-0.4, -0.2) is 0 Å². The Morgan fingerprint density at radius 3 is 2.67 bits per heavy atom. The van der Waals surface area contributed by atoms with Gasteiger partial charge in [-0.05, 0) is 18.8 Å². The summed E-state index contributed by atoms with van der Waals surface area (Å²) in [4.78, 5) is 0. The third-order valence-electron chi connectivity index (χ3n) is 2.03. The van der Waals surface area contributed by atoms with E-state index in [1.54, 1.807) is 5.57 Å². The summed E-state index contributed by atoms with van der Waals surface area (Å²) in [5.41, 5.74) is 1.57. The molecule has 0 nitrogen and oxygen atoms in total. The van der Waals surface area contributed by atoms with Crippen LogP contribution in [0.25, 0.3) is 0 Å². The lowest BCUT2D eigenvalue weighted by atomic mass is 10.0. The minimum atomic E-state index is 0.917. The standard InChI is InChI=1S/C9H15/c1-3-8(2)4-5-9-6-7-9/h6-8H,3-5H2,1-2H3. The maximum atomic E-state index is 2.32. The summed E-state index contributed by atoms with van der Waals surface area (Å²) >= 11 is 0. The van der Waals surface area contributed by atoms with Gasteiger partial charge in [-0.2, -0.15) is 0 Å². The predicted molar refractivity (Wildman–Crippen MR) is 41.1 cm³/mol. The molecule has 9 heavy (non-hydrogen) atoms. The van der Waals surface area contributed by atoms with E-state index in [0.717, 1.165) is 5.92 Å². The highest BCUT2D eigenvalue weighted by Gasteiger charge is 2.08. The molecule has 0 aliphatic heterocycles. The van der Waals surface area contributed by atoms with Crippen LogP contribution in [0.15, 0.2) is 11.6 Å². The minimum absolute atomic E-state index is 0.917. The fraction of sp³-hybridized carbons (Fsp3) is 0.667. The lowest BCUT2D eigenvalue weighted by Crippen LogP contribution is -1.89. The Morgan fingerprint density at radius 2 is 2.22 bits per heavy atom. The van der Waals surface area contributed by atoms with Crippen molar-refractivity contribution in [1.82, 2.24) is 0 Å². The lowest BCUT2D eigenvalue weighted by Gasteiger charge is -2.04. The van der Waals surface area contributed by atoms with E-state index in [1.807, 2.05) is 0 Å². The van der Waals surface area contributed by atoms with Crippen LogP contribution >= 0.6 is 0 Å². The largest absolute Gasteiger partial charge is 0.0766 e. The first-order chi connectivity index (χ1) is 4.33. The predicted octanol–water partition coefficient (Wildman–Crippen LogP) is 2.96. The smallest absolute Gasteiger partial charge is 0.00802 e. The molecule has 0 saturated carbocycles. The molecule has 0 fully saturated rings. The normalized spacial score (nSPS) is 19.1. The average Bonchev–Trinajstić information content (AvgIpc) is 2.65. The fourth-order valence-electron chi connectivity index (χ4n) is 0.843. The summed E-state index contributed by atoms with van der Waals surface area (Å²) in [6.07, 6.45) is 8.44. The topological polar surface area (TPSA) is 0 Å². The monoisotopic (exact) mass is 123 g/mol. The van der Waals surface area contributed by atoms with Gasteiger partial charge in [0.25, 0.3) is 0 Å². The van der Waals surface area contributed by atoms with E-state index < -0.39 is 0 Å². The molecule has 0 amide bonds. The Bertz CT molecular complexity index is 111. The Balaban J connectivity index is 1.96. The van der Waals surface area contributed by atoms with Crippen LogP contribution < -0.4 is 0 Å². The van der Waals surface area contributed by atoms with Gasteiger partial charge in [0.1, 0.15) is 0 Å². The molecule has 0 aromatic heterocycles. The van der Waals surface area contributed by atoms with Gasteiger partial charge in [0.15, 0.2) is 0 Å². The third-order valence-corrected chi connectivity index (χ3v) is 2.03. The summed E-state index contributed by atoms with van der Waals surface area (Å²) in [5.74, 6) is 0.917. The number of rotatable bonds is 4. The first kappa shape index (κ1) is 6.85. The molecule has 1 aliphatic carbocycles. The number of allylic oxidation sites excluding steroid dienone is 2. The van der Waals surface area contributed by atoms with Crippen molar-refractivity contribution in [2.24, 2.45) is 5.92 Å². The number of hydrogen-bond donors (Lipinski definition) is 0. The SMILES string of the molecule is CCC(C)CCC1=C[CH]1. The van der Waals surface area contributed by atoms with Crippen LogP contribution in [0.4, 0.5) is 0 Å². The van der Waals surface area contributed by atoms with Crippen molar-refractivity contribution in [3.05, 3.63) is 18.1 Å². The zero-order valence-corrected chi connectivity index (χ0v) is 6.35. The lowest BCUT2D eigenvalue weighted by molar-refractivity contribution is 0.519. The minimum Gasteiger partial charge on any atom is -0.0766 e. The van der Waals surface area contributed by atoms with E-state index >= 15 is 0 Å². The van der Waals surface area contributed by atoms with Gasteiger partial charge in [0, 0.05) is 6.42 Å². The molecule has 0 bridgehead atoms. The van der Waals surface area contributed by atoms with Crippen molar-refractivity contribution in [3.8, 4) is 0 Å². The Hall–Kier alpha value is -0.260. The van der Waals surface area contributed by atoms with Gasteiger partial charge in [0.2, 0.25) is 0 Å². The second-order valence-corrected chi connectivity index (χ2v) is 2.96. The highest BCUT2D eigenvalue weighted by atomic mass is 14.1. The molecule has 1 atom stereocenters. The van der Waals surface area contributed by atoms with Crippen molar-refractivity contribution >= 4 is 0 Å². The summed E-state index contributed by atoms with van der Waals surface area (Å²) in [6, 6.07) is 0. The summed E-state index contributed by atoms with van der Waals surface area (Å²) < 4.78 is 0. The van der Waals surface area contributed by atoms with Crippen molar-refractivity contribution in [2.75, 3.05) is 0 Å². The maximum Gasteiger partial charge on any atom is 0.00802 e. The molecule has 1 rings (SSSR count). The van der Waals surface area contributed by atoms with Gasteiger partial charge in [0.05, 0.1) is 0 Å². The molecule has 0 aromatic carbocycles. The molecular weight excluding hydrogens is 108 g/mol. The van der Waals surface area contributed by atoms with Crippen molar-refractivity contribution in [2.45, 2.75) is 33.1 Å². The maximum absolute atomic E-state index is 2.32. The molecule has 1 aliphatic rings. The molecule has 0 N–H and O–H groups in total. The second-order valence-electron chi connectivity index (χ2n) is 2.96. The van der Waals surface area contributed by atoms with E-state index in [0.29, 0.717) is 0 Å². The zero-order chi connectivity index (χ0) is 6.69. The zero-order valence-electron chi connectivity index (χ0n) is 6.35. The highest BCUT2D eigenvalue weighted by molar-refractivity contribution is 5.38. The first-order valence-electron chi connectivity index (χ1n) is 3.87. The summed E-state index contributed by atoms with van der Waals surface area (Å²) in [6.45, 7) is 4.58. The molecule has 0 spiro atoms. The van der Waals surface area contributed by atoms with Gasteiger partial charge in [-0.3, -0.25) is 0 Å². The van der Waals surface area contributed by atoms with E-state index in [2.05, 4.69) is 26.3 Å². The van der Waals surface area contributed by atoms with Gasteiger partial charge in [-0.15, -0.1) is 0 Å². The molecular formula is C9H15. The van der Waals surface area contributed by atoms with E-state index in [9.17, 15) is 0 Å². The quantitative estimate of drug-likeness (QED) is 0.539. The van der Waals surface area contributed by atoms with E-state index in [4.69, 9.17) is 0 Å². The average molecular weight is 123 g/mol. The molecule has 51 valence electrons. The van der Waals surface area contributed by atoms with Crippen molar-refractivity contribution in [1.29, 1.82) is 0 Å². The highest BCUT2D eigenvalue weighted by Crippen LogP contribution is 2.25. The van der Waals surface area contributed by atoms with Crippen LogP contribution in [-0.2, 0) is 0 Å². The van der Waals surface area contributed by atoms with Gasteiger partial charge >= 0.3 is 0 Å². The Kier molecular flexibility index (Phi) is 2.32. The molecule has 0 heterocycles. The van der Waals surface area contributed by atoms with Gasteiger partial charge in [-0.25, -0.2) is 0 Å². The van der Waals surface area contributed by atoms with Crippen molar-refractivity contribution < 1.29 is 0 Å². The van der Waals surface area contributed by atoms with E-state index in [-0.39, 0.29) is 0 Å². The Labute approximate surface area is 58.0 Å². The molecule has 0 heteroatoms. The van der Waals surface area contributed by atoms with Crippen LogP contribution in [0.1, 0.15) is 33.1 Å². The number of hydrogen-bond acceptors (Lipinski definition) is 0. The Morgan fingerprint density at radius 1 is 1.56 bits per heavy atom. The molecule has 1 radical (unpaired) electrons. The third kappa shape index (κ3) is 2.69. The van der Waals surface area contributed by atoms with Gasteiger partial charge < -0.3 is 0 Å². The van der Waals surface area contributed by atoms with Crippen LogP contribution in [0, 0.1) is 12.3 Å². The molecule has 0 aromatic rings. The summed E-state index contributed by atoms with van der Waals surface area (Å²) in [7, 11) is 0. The van der Waals surface area contributed by atoms with Crippen molar-refractivity contribution in [3.63, 3.8) is 0 Å². The fourth-order valence-corrected chi connectivity index (χ4v) is 0.843. The summed E-state index contributed by atoms with van der Waals surface area (Å²) in [5, 5.41) is 0.